The SMILES string of the molecule is CCCCCCCCCCCCc1ccc(OC(=O)C(OC)C2CN2CC)c(C2(C(C)C)OCCCO2)c1. The van der Waals surface area contributed by atoms with Crippen molar-refractivity contribution in [3.05, 3.63) is 29.3 Å². The molecule has 0 radical (unpaired) electrons. The van der Waals surface area contributed by atoms with Crippen LogP contribution in [-0.4, -0.2) is 56.4 Å². The summed E-state index contributed by atoms with van der Waals surface area (Å²) >= 11 is 0. The molecule has 2 heterocycles. The summed E-state index contributed by atoms with van der Waals surface area (Å²) in [6.07, 6.45) is 14.5. The number of nitrogens with zero attached hydrogens (tertiary/aromatic N) is 1. The number of methoxy groups -OCH3 is 1. The van der Waals surface area contributed by atoms with Crippen molar-refractivity contribution in [2.75, 3.05) is 33.4 Å². The first-order valence-electron chi connectivity index (χ1n) is 15.4. The van der Waals surface area contributed by atoms with Crippen molar-refractivity contribution < 1.29 is 23.7 Å². The van der Waals surface area contributed by atoms with Gasteiger partial charge in [-0.05, 0) is 43.5 Å². The molecule has 1 aromatic rings. The van der Waals surface area contributed by atoms with E-state index in [1.807, 2.05) is 6.07 Å². The Balaban J connectivity index is 1.65. The summed E-state index contributed by atoms with van der Waals surface area (Å²) in [4.78, 5) is 15.4. The zero-order valence-corrected chi connectivity index (χ0v) is 24.8. The van der Waals surface area contributed by atoms with E-state index in [0.717, 1.165) is 37.9 Å². The van der Waals surface area contributed by atoms with Crippen molar-refractivity contribution in [1.82, 2.24) is 4.90 Å². The molecule has 2 fully saturated rings. The Labute approximate surface area is 231 Å². The second-order valence-corrected chi connectivity index (χ2v) is 11.4. The molecule has 3 atom stereocenters. The van der Waals surface area contributed by atoms with Crippen molar-refractivity contribution in [2.45, 2.75) is 123 Å². The third kappa shape index (κ3) is 8.51. The Kier molecular flexibility index (Phi) is 13.0. The quantitative estimate of drug-likeness (QED) is 0.0878. The van der Waals surface area contributed by atoms with Gasteiger partial charge in [0.1, 0.15) is 5.75 Å². The molecule has 2 saturated heterocycles. The Morgan fingerprint density at radius 3 is 2.18 bits per heavy atom. The molecule has 1 aromatic carbocycles. The number of hydrogen-bond acceptors (Lipinski definition) is 6. The zero-order valence-electron chi connectivity index (χ0n) is 24.8. The first-order chi connectivity index (χ1) is 18.5. The molecular formula is C32H53NO5. The molecular weight excluding hydrogens is 478 g/mol. The monoisotopic (exact) mass is 531 g/mol. The number of hydrogen-bond donors (Lipinski definition) is 0. The highest BCUT2D eigenvalue weighted by Gasteiger charge is 2.46. The van der Waals surface area contributed by atoms with E-state index >= 15 is 0 Å². The molecule has 6 heteroatoms. The minimum absolute atomic E-state index is 0.0602. The molecule has 0 amide bonds. The van der Waals surface area contributed by atoms with Crippen LogP contribution < -0.4 is 4.74 Å². The number of aryl methyl sites for hydroxylation is 1. The molecule has 2 aliphatic rings. The number of carbonyl (C=O) groups excluding carboxylic acids is 1. The third-order valence-corrected chi connectivity index (χ3v) is 8.13. The Bertz CT molecular complexity index is 835. The van der Waals surface area contributed by atoms with Gasteiger partial charge in [0, 0.05) is 19.6 Å². The molecule has 0 bridgehead atoms. The van der Waals surface area contributed by atoms with Crippen LogP contribution in [0.2, 0.25) is 0 Å². The van der Waals surface area contributed by atoms with Gasteiger partial charge in [0.2, 0.25) is 5.79 Å². The summed E-state index contributed by atoms with van der Waals surface area (Å²) in [5, 5.41) is 0. The van der Waals surface area contributed by atoms with Crippen LogP contribution in [0.15, 0.2) is 18.2 Å². The lowest BCUT2D eigenvalue weighted by atomic mass is 9.90. The highest BCUT2D eigenvalue weighted by atomic mass is 16.7. The van der Waals surface area contributed by atoms with Gasteiger partial charge in [-0.15, -0.1) is 0 Å². The first kappa shape index (κ1) is 31.1. The van der Waals surface area contributed by atoms with Crippen molar-refractivity contribution in [1.29, 1.82) is 0 Å². The zero-order chi connectivity index (χ0) is 27.4. The van der Waals surface area contributed by atoms with Crippen LogP contribution in [0.5, 0.6) is 5.75 Å². The second kappa shape index (κ2) is 16.0. The molecule has 3 rings (SSSR count). The maximum absolute atomic E-state index is 13.2. The fourth-order valence-electron chi connectivity index (χ4n) is 5.68. The van der Waals surface area contributed by atoms with Gasteiger partial charge in [0.15, 0.2) is 6.10 Å². The minimum Gasteiger partial charge on any atom is -0.424 e. The van der Waals surface area contributed by atoms with Crippen molar-refractivity contribution in [3.63, 3.8) is 0 Å². The van der Waals surface area contributed by atoms with E-state index in [9.17, 15) is 4.79 Å². The van der Waals surface area contributed by atoms with Gasteiger partial charge in [-0.1, -0.05) is 91.5 Å². The summed E-state index contributed by atoms with van der Waals surface area (Å²) in [7, 11) is 1.58. The predicted octanol–water partition coefficient (Wildman–Crippen LogP) is 7.02. The number of benzene rings is 1. The smallest absolute Gasteiger partial charge is 0.342 e. The lowest BCUT2D eigenvalue weighted by molar-refractivity contribution is -0.299. The van der Waals surface area contributed by atoms with Gasteiger partial charge in [0.05, 0.1) is 24.8 Å². The summed E-state index contributed by atoms with van der Waals surface area (Å²) < 4.78 is 24.2. The summed E-state index contributed by atoms with van der Waals surface area (Å²) in [6, 6.07) is 6.26. The molecule has 0 aliphatic carbocycles. The second-order valence-electron chi connectivity index (χ2n) is 11.4. The minimum atomic E-state index is -0.917. The van der Waals surface area contributed by atoms with Crippen LogP contribution in [0.3, 0.4) is 0 Å². The number of rotatable bonds is 18. The fourth-order valence-corrected chi connectivity index (χ4v) is 5.68. The average molecular weight is 532 g/mol. The number of likely N-dealkylation sites (N-methyl/N-ethyl adjacent to an activating group) is 1. The van der Waals surface area contributed by atoms with Crippen molar-refractivity contribution in [3.8, 4) is 5.75 Å². The van der Waals surface area contributed by atoms with Crippen LogP contribution in [0.4, 0.5) is 0 Å². The molecule has 216 valence electrons. The van der Waals surface area contributed by atoms with Gasteiger partial charge in [-0.3, -0.25) is 4.90 Å². The largest absolute Gasteiger partial charge is 0.424 e. The average Bonchev–Trinajstić information content (AvgIpc) is 3.70. The molecule has 0 saturated carbocycles. The van der Waals surface area contributed by atoms with E-state index in [-0.39, 0.29) is 17.9 Å². The molecule has 3 unspecified atom stereocenters. The van der Waals surface area contributed by atoms with E-state index in [1.165, 1.54) is 63.4 Å². The molecule has 2 aliphatic heterocycles. The predicted molar refractivity (Wildman–Crippen MR) is 152 cm³/mol. The highest BCUT2D eigenvalue weighted by Crippen LogP contribution is 2.43. The first-order valence-corrected chi connectivity index (χ1v) is 15.4. The summed E-state index contributed by atoms with van der Waals surface area (Å²) in [6.45, 7) is 11.6. The van der Waals surface area contributed by atoms with E-state index in [2.05, 4.69) is 44.7 Å². The van der Waals surface area contributed by atoms with E-state index in [0.29, 0.717) is 19.0 Å². The van der Waals surface area contributed by atoms with Gasteiger partial charge in [-0.25, -0.2) is 4.79 Å². The normalized spacial score (nSPS) is 21.4. The maximum atomic E-state index is 13.2. The molecule has 0 N–H and O–H groups in total. The van der Waals surface area contributed by atoms with Gasteiger partial charge in [-0.2, -0.15) is 0 Å². The number of esters is 1. The summed E-state index contributed by atoms with van der Waals surface area (Å²) in [5.74, 6) is -0.695. The van der Waals surface area contributed by atoms with E-state index < -0.39 is 11.9 Å². The van der Waals surface area contributed by atoms with Crippen LogP contribution in [0.1, 0.15) is 109 Å². The highest BCUT2D eigenvalue weighted by molar-refractivity contribution is 5.79. The Morgan fingerprint density at radius 1 is 1.00 bits per heavy atom. The van der Waals surface area contributed by atoms with Crippen molar-refractivity contribution >= 4 is 5.97 Å². The van der Waals surface area contributed by atoms with Gasteiger partial charge in [0.25, 0.3) is 0 Å². The van der Waals surface area contributed by atoms with E-state index in [1.54, 1.807) is 7.11 Å². The van der Waals surface area contributed by atoms with Gasteiger partial charge < -0.3 is 18.9 Å². The van der Waals surface area contributed by atoms with Crippen LogP contribution in [-0.2, 0) is 31.2 Å². The Morgan fingerprint density at radius 2 is 1.63 bits per heavy atom. The Hall–Kier alpha value is -1.47. The van der Waals surface area contributed by atoms with Crippen LogP contribution >= 0.6 is 0 Å². The molecule has 0 aromatic heterocycles. The summed E-state index contributed by atoms with van der Waals surface area (Å²) in [5.41, 5.74) is 2.06. The van der Waals surface area contributed by atoms with Crippen LogP contribution in [0.25, 0.3) is 0 Å². The van der Waals surface area contributed by atoms with Crippen LogP contribution in [0, 0.1) is 5.92 Å². The molecule has 6 nitrogen and oxygen atoms in total. The topological polar surface area (TPSA) is 57.0 Å². The van der Waals surface area contributed by atoms with Crippen molar-refractivity contribution in [2.24, 2.45) is 5.92 Å². The lowest BCUT2D eigenvalue weighted by Crippen LogP contribution is -2.43. The number of ether oxygens (including phenoxy) is 4. The maximum Gasteiger partial charge on any atom is 0.342 e. The lowest BCUT2D eigenvalue weighted by Gasteiger charge is -2.41. The number of unbranched alkanes of at least 4 members (excludes halogenated alkanes) is 9. The van der Waals surface area contributed by atoms with Gasteiger partial charge >= 0.3 is 5.97 Å². The third-order valence-electron chi connectivity index (χ3n) is 8.13. The fraction of sp³-hybridized carbons (Fsp3) is 0.781. The molecule has 38 heavy (non-hydrogen) atoms. The number of carbonyl (C=O) groups is 1. The molecule has 0 spiro atoms. The van der Waals surface area contributed by atoms with E-state index in [4.69, 9.17) is 18.9 Å². The standard InChI is InChI=1S/C32H53NO5/c1-6-8-9-10-11-12-13-14-15-16-18-26-19-20-29(38-31(34)30(35-5)28-24-33(28)7-2)27(23-26)32(25(3)4)36-21-17-22-37-32/h19-20,23,25,28,30H,6-18,21-22,24H2,1-5H3.